The summed E-state index contributed by atoms with van der Waals surface area (Å²) in [6, 6.07) is 13.5. The molecule has 0 aliphatic rings. The Morgan fingerprint density at radius 1 is 1.04 bits per heavy atom. The van der Waals surface area contributed by atoms with Crippen LogP contribution in [0.15, 0.2) is 58.7 Å². The third-order valence-corrected chi connectivity index (χ3v) is 7.89. The van der Waals surface area contributed by atoms with Crippen molar-refractivity contribution in [2.24, 2.45) is 0 Å². The van der Waals surface area contributed by atoms with Crippen molar-refractivity contribution >= 4 is 27.4 Å². The highest BCUT2D eigenvalue weighted by atomic mass is 32.2. The van der Waals surface area contributed by atoms with Crippen LogP contribution in [-0.2, 0) is 10.0 Å². The van der Waals surface area contributed by atoms with Gasteiger partial charge in [0, 0.05) is 24.5 Å². The van der Waals surface area contributed by atoms with E-state index in [0.29, 0.717) is 23.9 Å². The second-order valence-electron chi connectivity index (χ2n) is 6.09. The molecule has 0 N–H and O–H groups in total. The summed E-state index contributed by atoms with van der Waals surface area (Å²) in [6.07, 6.45) is 2.56. The topological polar surface area (TPSA) is 67.6 Å². The first kappa shape index (κ1) is 19.9. The van der Waals surface area contributed by atoms with Crippen LogP contribution in [0, 0.1) is 0 Å². The third-order valence-electron chi connectivity index (χ3n) is 4.48. The van der Waals surface area contributed by atoms with Gasteiger partial charge >= 0.3 is 0 Å². The fourth-order valence-corrected chi connectivity index (χ4v) is 5.50. The number of aromatic nitrogens is 3. The van der Waals surface area contributed by atoms with E-state index in [-0.39, 0.29) is 10.1 Å². The maximum absolute atomic E-state index is 12.8. The maximum atomic E-state index is 12.8. The molecule has 3 aromatic rings. The highest BCUT2D eigenvalue weighted by Gasteiger charge is 2.23. The lowest BCUT2D eigenvalue weighted by Crippen LogP contribution is -2.30. The smallest absolute Gasteiger partial charge is 0.244 e. The third kappa shape index (κ3) is 4.02. The molecule has 1 atom stereocenters. The van der Waals surface area contributed by atoms with E-state index in [2.05, 4.69) is 29.3 Å². The molecule has 8 heteroatoms. The lowest BCUT2D eigenvalue weighted by atomic mass is 10.1. The molecule has 2 aromatic heterocycles. The number of fused-ring (bicyclic) bond motifs is 1. The van der Waals surface area contributed by atoms with Crippen molar-refractivity contribution in [3.8, 4) is 0 Å². The quantitative estimate of drug-likeness (QED) is 0.531. The van der Waals surface area contributed by atoms with Crippen molar-refractivity contribution in [2.45, 2.75) is 42.5 Å². The number of nitrogens with zero attached hydrogens (tertiary/aromatic N) is 4. The van der Waals surface area contributed by atoms with Gasteiger partial charge in [-0.3, -0.25) is 4.40 Å². The van der Waals surface area contributed by atoms with E-state index in [1.807, 2.05) is 32.0 Å². The summed E-state index contributed by atoms with van der Waals surface area (Å²) in [4.78, 5) is 0.258. The molecule has 0 saturated carbocycles. The standard InChI is InChI=1S/C19H24N4O2S2/c1-4-17(15-10-8-7-9-11-15)26-19-21-20-18-13-12-16(14-23(18)19)27(24,25)22(5-2)6-3/h7-14,17H,4-6H2,1-3H3. The molecule has 0 spiro atoms. The molecule has 1 unspecified atom stereocenters. The Bertz CT molecular complexity index is 999. The van der Waals surface area contributed by atoms with Crippen molar-refractivity contribution in [3.63, 3.8) is 0 Å². The summed E-state index contributed by atoms with van der Waals surface area (Å²) in [6.45, 7) is 6.68. The molecule has 1 aromatic carbocycles. The van der Waals surface area contributed by atoms with E-state index >= 15 is 0 Å². The fraction of sp³-hybridized carbons (Fsp3) is 0.368. The molecule has 0 aliphatic carbocycles. The SMILES string of the molecule is CCC(Sc1nnc2ccc(S(=O)(=O)N(CC)CC)cn12)c1ccccc1. The number of benzene rings is 1. The molecule has 0 aliphatic heterocycles. The van der Waals surface area contributed by atoms with E-state index < -0.39 is 10.0 Å². The first-order valence-electron chi connectivity index (χ1n) is 9.07. The number of sulfonamides is 1. The fourth-order valence-electron chi connectivity index (χ4n) is 2.98. The molecule has 0 amide bonds. The second-order valence-corrected chi connectivity index (χ2v) is 9.20. The summed E-state index contributed by atoms with van der Waals surface area (Å²) >= 11 is 1.60. The van der Waals surface area contributed by atoms with E-state index in [4.69, 9.17) is 0 Å². The molecule has 2 heterocycles. The summed E-state index contributed by atoms with van der Waals surface area (Å²) < 4.78 is 28.9. The van der Waals surface area contributed by atoms with E-state index in [9.17, 15) is 8.42 Å². The first-order valence-corrected chi connectivity index (χ1v) is 11.4. The van der Waals surface area contributed by atoms with Gasteiger partial charge in [0.15, 0.2) is 10.8 Å². The van der Waals surface area contributed by atoms with Crippen LogP contribution < -0.4 is 0 Å². The van der Waals surface area contributed by atoms with Gasteiger partial charge in [-0.05, 0) is 24.1 Å². The van der Waals surface area contributed by atoms with Gasteiger partial charge in [0.2, 0.25) is 10.0 Å². The predicted molar refractivity (Wildman–Crippen MR) is 108 cm³/mol. The zero-order valence-electron chi connectivity index (χ0n) is 15.7. The number of rotatable bonds is 8. The molecule has 3 rings (SSSR count). The van der Waals surface area contributed by atoms with Gasteiger partial charge in [-0.25, -0.2) is 8.42 Å². The van der Waals surface area contributed by atoms with Crippen LogP contribution in [0.4, 0.5) is 0 Å². The zero-order chi connectivity index (χ0) is 19.4. The Kier molecular flexibility index (Phi) is 6.18. The van der Waals surface area contributed by atoms with Crippen LogP contribution in [0.3, 0.4) is 0 Å². The van der Waals surface area contributed by atoms with Crippen molar-refractivity contribution in [1.29, 1.82) is 0 Å². The lowest BCUT2D eigenvalue weighted by molar-refractivity contribution is 0.445. The summed E-state index contributed by atoms with van der Waals surface area (Å²) in [5.74, 6) is 0. The Morgan fingerprint density at radius 2 is 1.74 bits per heavy atom. The second kappa shape index (κ2) is 8.41. The Morgan fingerprint density at radius 3 is 2.37 bits per heavy atom. The minimum Gasteiger partial charge on any atom is -0.276 e. The number of pyridine rings is 1. The monoisotopic (exact) mass is 404 g/mol. The Hall–Kier alpha value is -1.90. The molecule has 0 fully saturated rings. The van der Waals surface area contributed by atoms with Gasteiger partial charge in [0.05, 0.1) is 4.90 Å². The largest absolute Gasteiger partial charge is 0.276 e. The Balaban J connectivity index is 1.98. The molecule has 0 saturated heterocycles. The van der Waals surface area contributed by atoms with Crippen LogP contribution in [0.2, 0.25) is 0 Å². The average Bonchev–Trinajstić information content (AvgIpc) is 3.09. The van der Waals surface area contributed by atoms with Crippen LogP contribution in [0.1, 0.15) is 38.0 Å². The first-order chi connectivity index (χ1) is 13.0. The van der Waals surface area contributed by atoms with Crippen molar-refractivity contribution in [3.05, 3.63) is 54.2 Å². The van der Waals surface area contributed by atoms with Crippen molar-refractivity contribution in [1.82, 2.24) is 18.9 Å². The summed E-state index contributed by atoms with van der Waals surface area (Å²) in [5.41, 5.74) is 1.85. The van der Waals surface area contributed by atoms with Crippen LogP contribution >= 0.6 is 11.8 Å². The number of thioether (sulfide) groups is 1. The minimum absolute atomic E-state index is 0.224. The molecule has 144 valence electrons. The summed E-state index contributed by atoms with van der Waals surface area (Å²) in [5, 5.41) is 9.39. The van der Waals surface area contributed by atoms with Crippen LogP contribution in [-0.4, -0.2) is 40.4 Å². The van der Waals surface area contributed by atoms with Gasteiger partial charge in [-0.15, -0.1) is 10.2 Å². The number of hydrogen-bond donors (Lipinski definition) is 0. The van der Waals surface area contributed by atoms with E-state index in [1.54, 1.807) is 34.5 Å². The number of hydrogen-bond acceptors (Lipinski definition) is 5. The molecule has 27 heavy (non-hydrogen) atoms. The zero-order valence-corrected chi connectivity index (χ0v) is 17.4. The lowest BCUT2D eigenvalue weighted by Gasteiger charge is -2.18. The highest BCUT2D eigenvalue weighted by Crippen LogP contribution is 2.36. The van der Waals surface area contributed by atoms with Gasteiger partial charge in [0.1, 0.15) is 0 Å². The molecule has 0 radical (unpaired) electrons. The normalized spacial score (nSPS) is 13.3. The summed E-state index contributed by atoms with van der Waals surface area (Å²) in [7, 11) is -3.53. The maximum Gasteiger partial charge on any atom is 0.244 e. The van der Waals surface area contributed by atoms with E-state index in [0.717, 1.165) is 6.42 Å². The molecule has 0 bridgehead atoms. The van der Waals surface area contributed by atoms with Crippen LogP contribution in [0.5, 0.6) is 0 Å². The van der Waals surface area contributed by atoms with Gasteiger partial charge in [0.25, 0.3) is 0 Å². The minimum atomic E-state index is -3.53. The van der Waals surface area contributed by atoms with E-state index in [1.165, 1.54) is 9.87 Å². The van der Waals surface area contributed by atoms with Gasteiger partial charge < -0.3 is 0 Å². The van der Waals surface area contributed by atoms with Crippen molar-refractivity contribution < 1.29 is 8.42 Å². The van der Waals surface area contributed by atoms with Crippen molar-refractivity contribution in [2.75, 3.05) is 13.1 Å². The molecular weight excluding hydrogens is 380 g/mol. The van der Waals surface area contributed by atoms with Crippen LogP contribution in [0.25, 0.3) is 5.65 Å². The molecular formula is C19H24N4O2S2. The predicted octanol–water partition coefficient (Wildman–Crippen LogP) is 4.00. The Labute approximate surface area is 164 Å². The van der Waals surface area contributed by atoms with Gasteiger partial charge in [-0.2, -0.15) is 4.31 Å². The molecule has 6 nitrogen and oxygen atoms in total. The van der Waals surface area contributed by atoms with Gasteiger partial charge in [-0.1, -0.05) is 62.9 Å². The highest BCUT2D eigenvalue weighted by molar-refractivity contribution is 7.99. The average molecular weight is 405 g/mol.